The third-order valence-electron chi connectivity index (χ3n) is 2.47. The highest BCUT2D eigenvalue weighted by atomic mass is 16.6. The molecule has 0 bridgehead atoms. The van der Waals surface area contributed by atoms with E-state index in [4.69, 9.17) is 4.74 Å². The van der Waals surface area contributed by atoms with Gasteiger partial charge in [0.1, 0.15) is 11.6 Å². The summed E-state index contributed by atoms with van der Waals surface area (Å²) < 4.78 is 5.32. The summed E-state index contributed by atoms with van der Waals surface area (Å²) in [6.45, 7) is 14.0. The Hall–Kier alpha value is -0.570. The maximum Gasteiger partial charge on any atom is 0.323 e. The van der Waals surface area contributed by atoms with E-state index in [0.717, 1.165) is 6.42 Å². The normalized spacial score (nSPS) is 16.0. The number of hydrogen-bond donors (Lipinski definition) is 1. The first-order valence-corrected chi connectivity index (χ1v) is 6.16. The van der Waals surface area contributed by atoms with E-state index in [0.29, 0.717) is 12.0 Å². The van der Waals surface area contributed by atoms with E-state index in [1.807, 2.05) is 27.7 Å². The summed E-state index contributed by atoms with van der Waals surface area (Å²) in [4.78, 5) is 11.7. The molecule has 0 aromatic rings. The standard InChI is InChI=1S/C13H27NO2/c1-8-11(9(2)3)14-10(4)12(15)16-13(5,6)7/h9-11,14H,8H2,1-7H3/t10-,11?/m0/s1. The molecule has 0 aliphatic rings. The Balaban J connectivity index is 4.24. The van der Waals surface area contributed by atoms with Crippen molar-refractivity contribution >= 4 is 5.97 Å². The van der Waals surface area contributed by atoms with Crippen LogP contribution in [0.5, 0.6) is 0 Å². The van der Waals surface area contributed by atoms with Gasteiger partial charge in [0.15, 0.2) is 0 Å². The van der Waals surface area contributed by atoms with Crippen LogP contribution < -0.4 is 5.32 Å². The second-order valence-corrected chi connectivity index (χ2v) is 5.68. The summed E-state index contributed by atoms with van der Waals surface area (Å²) in [7, 11) is 0. The summed E-state index contributed by atoms with van der Waals surface area (Å²) in [5.41, 5.74) is -0.410. The molecule has 0 rings (SSSR count). The van der Waals surface area contributed by atoms with Gasteiger partial charge in [-0.1, -0.05) is 20.8 Å². The van der Waals surface area contributed by atoms with Crippen LogP contribution in [-0.4, -0.2) is 23.7 Å². The lowest BCUT2D eigenvalue weighted by molar-refractivity contribution is -0.157. The third-order valence-corrected chi connectivity index (χ3v) is 2.47. The van der Waals surface area contributed by atoms with E-state index in [-0.39, 0.29) is 12.0 Å². The lowest BCUT2D eigenvalue weighted by Crippen LogP contribution is -2.46. The first-order valence-electron chi connectivity index (χ1n) is 6.16. The zero-order valence-electron chi connectivity index (χ0n) is 11.8. The first kappa shape index (κ1) is 15.4. The molecular weight excluding hydrogens is 202 g/mol. The topological polar surface area (TPSA) is 38.3 Å². The predicted molar refractivity (Wildman–Crippen MR) is 67.4 cm³/mol. The highest BCUT2D eigenvalue weighted by molar-refractivity contribution is 5.75. The lowest BCUT2D eigenvalue weighted by Gasteiger charge is -2.27. The van der Waals surface area contributed by atoms with Gasteiger partial charge < -0.3 is 10.1 Å². The second kappa shape index (κ2) is 6.24. The van der Waals surface area contributed by atoms with Gasteiger partial charge in [-0.15, -0.1) is 0 Å². The van der Waals surface area contributed by atoms with Crippen molar-refractivity contribution in [1.82, 2.24) is 5.32 Å². The molecule has 0 saturated carbocycles. The molecule has 0 aliphatic heterocycles. The van der Waals surface area contributed by atoms with Crippen LogP contribution in [0.3, 0.4) is 0 Å². The van der Waals surface area contributed by atoms with E-state index >= 15 is 0 Å². The van der Waals surface area contributed by atoms with Crippen molar-refractivity contribution < 1.29 is 9.53 Å². The molecule has 0 aliphatic carbocycles. The van der Waals surface area contributed by atoms with Crippen LogP contribution in [0, 0.1) is 5.92 Å². The van der Waals surface area contributed by atoms with Crippen LogP contribution in [0.25, 0.3) is 0 Å². The van der Waals surface area contributed by atoms with Crippen LogP contribution in [0.2, 0.25) is 0 Å². The number of carbonyl (C=O) groups is 1. The maximum absolute atomic E-state index is 11.7. The van der Waals surface area contributed by atoms with E-state index in [1.165, 1.54) is 0 Å². The Bertz CT molecular complexity index is 218. The van der Waals surface area contributed by atoms with Crippen molar-refractivity contribution in [2.75, 3.05) is 0 Å². The number of ether oxygens (including phenoxy) is 1. The van der Waals surface area contributed by atoms with E-state index in [1.54, 1.807) is 0 Å². The zero-order chi connectivity index (χ0) is 12.9. The SMILES string of the molecule is CCC(N[C@@H](C)C(=O)OC(C)(C)C)C(C)C. The number of esters is 1. The highest BCUT2D eigenvalue weighted by Gasteiger charge is 2.24. The molecule has 0 spiro atoms. The van der Waals surface area contributed by atoms with Crippen LogP contribution in [0.15, 0.2) is 0 Å². The molecule has 1 unspecified atom stereocenters. The Morgan fingerprint density at radius 1 is 1.25 bits per heavy atom. The van der Waals surface area contributed by atoms with E-state index < -0.39 is 5.60 Å². The average molecular weight is 229 g/mol. The van der Waals surface area contributed by atoms with Gasteiger partial charge in [-0.3, -0.25) is 4.79 Å². The van der Waals surface area contributed by atoms with Crippen molar-refractivity contribution in [3.63, 3.8) is 0 Å². The molecule has 1 N–H and O–H groups in total. The number of rotatable bonds is 5. The number of hydrogen-bond acceptors (Lipinski definition) is 3. The molecule has 3 nitrogen and oxygen atoms in total. The van der Waals surface area contributed by atoms with Gasteiger partial charge in [-0.2, -0.15) is 0 Å². The minimum atomic E-state index is -0.410. The van der Waals surface area contributed by atoms with Gasteiger partial charge in [0.05, 0.1) is 0 Å². The van der Waals surface area contributed by atoms with Crippen molar-refractivity contribution in [2.24, 2.45) is 5.92 Å². The predicted octanol–water partition coefficient (Wildman–Crippen LogP) is 2.74. The van der Waals surface area contributed by atoms with E-state index in [2.05, 4.69) is 26.1 Å². The molecule has 0 heterocycles. The van der Waals surface area contributed by atoms with Crippen molar-refractivity contribution in [2.45, 2.75) is 72.6 Å². The summed E-state index contributed by atoms with van der Waals surface area (Å²) in [5, 5.41) is 3.31. The Labute approximate surface area is 99.9 Å². The fourth-order valence-corrected chi connectivity index (χ4v) is 1.56. The minimum absolute atomic E-state index is 0.174. The van der Waals surface area contributed by atoms with E-state index in [9.17, 15) is 4.79 Å². The summed E-state index contributed by atoms with van der Waals surface area (Å²) in [5.74, 6) is 0.349. The number of carbonyl (C=O) groups excluding carboxylic acids is 1. The smallest absolute Gasteiger partial charge is 0.323 e. The molecule has 2 atom stereocenters. The first-order chi connectivity index (χ1) is 7.17. The molecule has 96 valence electrons. The quantitative estimate of drug-likeness (QED) is 0.737. The zero-order valence-corrected chi connectivity index (χ0v) is 11.8. The molecule has 3 heteroatoms. The summed E-state index contributed by atoms with van der Waals surface area (Å²) in [6.07, 6.45) is 1.02. The van der Waals surface area contributed by atoms with Gasteiger partial charge in [-0.05, 0) is 40.0 Å². The van der Waals surface area contributed by atoms with Gasteiger partial charge in [0.25, 0.3) is 0 Å². The monoisotopic (exact) mass is 229 g/mol. The van der Waals surface area contributed by atoms with Crippen LogP contribution in [-0.2, 0) is 9.53 Å². The molecule has 0 aromatic carbocycles. The highest BCUT2D eigenvalue weighted by Crippen LogP contribution is 2.11. The lowest BCUT2D eigenvalue weighted by atomic mass is 10.0. The van der Waals surface area contributed by atoms with Crippen molar-refractivity contribution in [1.29, 1.82) is 0 Å². The largest absolute Gasteiger partial charge is 0.459 e. The van der Waals surface area contributed by atoms with Gasteiger partial charge in [-0.25, -0.2) is 0 Å². The van der Waals surface area contributed by atoms with Crippen LogP contribution >= 0.6 is 0 Å². The van der Waals surface area contributed by atoms with Crippen LogP contribution in [0.4, 0.5) is 0 Å². The van der Waals surface area contributed by atoms with Crippen molar-refractivity contribution in [3.05, 3.63) is 0 Å². The maximum atomic E-state index is 11.7. The van der Waals surface area contributed by atoms with Crippen molar-refractivity contribution in [3.8, 4) is 0 Å². The molecular formula is C13H27NO2. The molecule has 0 amide bonds. The number of nitrogens with one attached hydrogen (secondary N) is 1. The van der Waals surface area contributed by atoms with Gasteiger partial charge in [0.2, 0.25) is 0 Å². The van der Waals surface area contributed by atoms with Gasteiger partial charge >= 0.3 is 5.97 Å². The Kier molecular flexibility index (Phi) is 6.01. The molecule has 0 aromatic heterocycles. The van der Waals surface area contributed by atoms with Gasteiger partial charge in [0, 0.05) is 6.04 Å². The minimum Gasteiger partial charge on any atom is -0.459 e. The molecule has 0 saturated heterocycles. The molecule has 0 fully saturated rings. The third kappa shape index (κ3) is 6.11. The molecule has 0 radical (unpaired) electrons. The van der Waals surface area contributed by atoms with Crippen LogP contribution in [0.1, 0.15) is 54.9 Å². The Morgan fingerprint density at radius 3 is 2.06 bits per heavy atom. The fraction of sp³-hybridized carbons (Fsp3) is 0.923. The average Bonchev–Trinajstić information content (AvgIpc) is 2.10. The summed E-state index contributed by atoms with van der Waals surface area (Å²) >= 11 is 0. The summed E-state index contributed by atoms with van der Waals surface area (Å²) in [6, 6.07) is 0.120. The fourth-order valence-electron chi connectivity index (χ4n) is 1.56. The Morgan fingerprint density at radius 2 is 1.75 bits per heavy atom. The molecule has 16 heavy (non-hydrogen) atoms. The second-order valence-electron chi connectivity index (χ2n) is 5.68.